The molecular formula is C20H26F3N5OS. The molecule has 0 saturated carbocycles. The Morgan fingerprint density at radius 2 is 2.20 bits per heavy atom. The zero-order valence-electron chi connectivity index (χ0n) is 17.0. The molecule has 6 nitrogen and oxygen atoms in total. The number of thiazole rings is 1. The number of aromatic nitrogens is 1. The normalized spacial score (nSPS) is 17.3. The summed E-state index contributed by atoms with van der Waals surface area (Å²) in [5.74, 6) is 1.96. The van der Waals surface area contributed by atoms with Gasteiger partial charge in [0, 0.05) is 56.8 Å². The summed E-state index contributed by atoms with van der Waals surface area (Å²) in [5, 5.41) is 7.96. The number of methoxy groups -OCH3 is 1. The van der Waals surface area contributed by atoms with Crippen LogP contribution in [0.5, 0.6) is 5.75 Å². The molecule has 164 valence electrons. The molecule has 3 rings (SSSR count). The van der Waals surface area contributed by atoms with Crippen molar-refractivity contribution in [3.05, 3.63) is 40.3 Å². The molecule has 0 amide bonds. The molecule has 1 unspecified atom stereocenters. The number of rotatable bonds is 7. The van der Waals surface area contributed by atoms with Gasteiger partial charge >= 0.3 is 6.18 Å². The average Bonchev–Trinajstić information content (AvgIpc) is 3.40. The lowest BCUT2D eigenvalue weighted by atomic mass is 10.1. The fourth-order valence-electron chi connectivity index (χ4n) is 3.35. The zero-order valence-corrected chi connectivity index (χ0v) is 17.8. The number of nitrogens with zero attached hydrogens (tertiary/aromatic N) is 3. The van der Waals surface area contributed by atoms with Crippen LogP contribution in [0.15, 0.2) is 34.6 Å². The Bertz CT molecular complexity index is 855. The van der Waals surface area contributed by atoms with E-state index in [0.29, 0.717) is 29.9 Å². The van der Waals surface area contributed by atoms with Gasteiger partial charge in [0.05, 0.1) is 12.1 Å². The SMILES string of the molecule is CN=C(NCCc1nc(C(F)(F)F)cs1)NCC1CCN(c2cccc(OC)c2)C1. The molecule has 2 heterocycles. The van der Waals surface area contributed by atoms with Crippen molar-refractivity contribution in [1.82, 2.24) is 15.6 Å². The molecular weight excluding hydrogens is 415 g/mol. The van der Waals surface area contributed by atoms with E-state index in [2.05, 4.69) is 31.6 Å². The number of aliphatic imine (C=N–C) groups is 1. The Kier molecular flexibility index (Phi) is 7.41. The molecule has 2 N–H and O–H groups in total. The highest BCUT2D eigenvalue weighted by Crippen LogP contribution is 2.30. The first-order chi connectivity index (χ1) is 14.4. The number of guanidine groups is 1. The van der Waals surface area contributed by atoms with Crippen molar-refractivity contribution in [2.24, 2.45) is 10.9 Å². The molecule has 1 aromatic carbocycles. The molecule has 0 spiro atoms. The van der Waals surface area contributed by atoms with E-state index in [0.717, 1.165) is 54.2 Å². The second-order valence-corrected chi connectivity index (χ2v) is 8.00. The van der Waals surface area contributed by atoms with Crippen LogP contribution in [0.4, 0.5) is 18.9 Å². The highest BCUT2D eigenvalue weighted by atomic mass is 32.1. The Balaban J connectivity index is 1.41. The van der Waals surface area contributed by atoms with Crippen LogP contribution >= 0.6 is 11.3 Å². The van der Waals surface area contributed by atoms with Gasteiger partial charge in [-0.2, -0.15) is 13.2 Å². The van der Waals surface area contributed by atoms with Crippen molar-refractivity contribution in [2.75, 3.05) is 45.2 Å². The standard InChI is InChI=1S/C20H26F3N5OS/c1-24-19(25-8-6-18-27-17(13-30-18)20(21,22)23)26-11-14-7-9-28(12-14)15-4-3-5-16(10-15)29-2/h3-5,10,13-14H,6-9,11-12H2,1-2H3,(H2,24,25,26). The molecule has 1 fully saturated rings. The first-order valence-corrected chi connectivity index (χ1v) is 10.6. The van der Waals surface area contributed by atoms with E-state index >= 15 is 0 Å². The summed E-state index contributed by atoms with van der Waals surface area (Å²) in [4.78, 5) is 10.2. The van der Waals surface area contributed by atoms with E-state index in [1.807, 2.05) is 18.2 Å². The maximum absolute atomic E-state index is 12.6. The van der Waals surface area contributed by atoms with Gasteiger partial charge in [0.25, 0.3) is 0 Å². The van der Waals surface area contributed by atoms with E-state index in [-0.39, 0.29) is 0 Å². The number of alkyl halides is 3. The highest BCUT2D eigenvalue weighted by molar-refractivity contribution is 7.09. The maximum atomic E-state index is 12.6. The van der Waals surface area contributed by atoms with Crippen molar-refractivity contribution in [2.45, 2.75) is 19.0 Å². The fourth-order valence-corrected chi connectivity index (χ4v) is 4.15. The fraction of sp³-hybridized carbons (Fsp3) is 0.500. The lowest BCUT2D eigenvalue weighted by Crippen LogP contribution is -2.41. The number of halogens is 3. The Morgan fingerprint density at radius 3 is 2.90 bits per heavy atom. The average molecular weight is 442 g/mol. The van der Waals surface area contributed by atoms with Crippen molar-refractivity contribution >= 4 is 23.0 Å². The number of nitrogens with one attached hydrogen (secondary N) is 2. The van der Waals surface area contributed by atoms with Crippen LogP contribution in [0.25, 0.3) is 0 Å². The van der Waals surface area contributed by atoms with Gasteiger partial charge in [-0.25, -0.2) is 4.98 Å². The molecule has 1 aromatic heterocycles. The minimum Gasteiger partial charge on any atom is -0.497 e. The molecule has 1 aliphatic heterocycles. The van der Waals surface area contributed by atoms with E-state index in [1.165, 1.54) is 0 Å². The highest BCUT2D eigenvalue weighted by Gasteiger charge is 2.33. The van der Waals surface area contributed by atoms with Crippen molar-refractivity contribution in [3.63, 3.8) is 0 Å². The summed E-state index contributed by atoms with van der Waals surface area (Å²) in [6.45, 7) is 3.16. The second-order valence-electron chi connectivity index (χ2n) is 7.06. The van der Waals surface area contributed by atoms with Crippen LogP contribution in [0.2, 0.25) is 0 Å². The summed E-state index contributed by atoms with van der Waals surface area (Å²) in [6.07, 6.45) is -2.91. The minimum atomic E-state index is -4.39. The molecule has 1 atom stereocenters. The van der Waals surface area contributed by atoms with Gasteiger partial charge in [0.2, 0.25) is 0 Å². The number of hydrogen-bond acceptors (Lipinski definition) is 5. The van der Waals surface area contributed by atoms with Crippen LogP contribution in [0.3, 0.4) is 0 Å². The van der Waals surface area contributed by atoms with Crippen LogP contribution in [-0.2, 0) is 12.6 Å². The summed E-state index contributed by atoms with van der Waals surface area (Å²) in [7, 11) is 3.34. The smallest absolute Gasteiger partial charge is 0.434 e. The summed E-state index contributed by atoms with van der Waals surface area (Å²) >= 11 is 1.02. The van der Waals surface area contributed by atoms with Gasteiger partial charge in [0.15, 0.2) is 11.7 Å². The summed E-state index contributed by atoms with van der Waals surface area (Å²) in [5.41, 5.74) is 0.327. The topological polar surface area (TPSA) is 61.8 Å². The van der Waals surface area contributed by atoms with Crippen LogP contribution in [0.1, 0.15) is 17.1 Å². The third kappa shape index (κ3) is 6.01. The number of anilines is 1. The predicted molar refractivity (Wildman–Crippen MR) is 113 cm³/mol. The monoisotopic (exact) mass is 441 g/mol. The van der Waals surface area contributed by atoms with Gasteiger partial charge in [-0.3, -0.25) is 4.99 Å². The Hall–Kier alpha value is -2.49. The molecule has 10 heteroatoms. The Labute approximate surface area is 178 Å². The molecule has 0 aliphatic carbocycles. The van der Waals surface area contributed by atoms with E-state index in [1.54, 1.807) is 14.2 Å². The number of hydrogen-bond donors (Lipinski definition) is 2. The van der Waals surface area contributed by atoms with Crippen LogP contribution in [0, 0.1) is 5.92 Å². The molecule has 30 heavy (non-hydrogen) atoms. The zero-order chi connectivity index (χ0) is 21.6. The Morgan fingerprint density at radius 1 is 1.37 bits per heavy atom. The summed E-state index contributed by atoms with van der Waals surface area (Å²) in [6, 6.07) is 8.05. The number of ether oxygens (including phenoxy) is 1. The van der Waals surface area contributed by atoms with E-state index < -0.39 is 11.9 Å². The van der Waals surface area contributed by atoms with Crippen molar-refractivity contribution in [1.29, 1.82) is 0 Å². The quantitative estimate of drug-likeness (QED) is 0.509. The maximum Gasteiger partial charge on any atom is 0.434 e. The largest absolute Gasteiger partial charge is 0.497 e. The summed E-state index contributed by atoms with van der Waals surface area (Å²) < 4.78 is 43.2. The van der Waals surface area contributed by atoms with E-state index in [4.69, 9.17) is 4.74 Å². The van der Waals surface area contributed by atoms with Crippen LogP contribution < -0.4 is 20.3 Å². The lowest BCUT2D eigenvalue weighted by molar-refractivity contribution is -0.140. The molecule has 2 aromatic rings. The van der Waals surface area contributed by atoms with Gasteiger partial charge in [0.1, 0.15) is 5.75 Å². The van der Waals surface area contributed by atoms with E-state index in [9.17, 15) is 13.2 Å². The molecule has 1 aliphatic rings. The van der Waals surface area contributed by atoms with Gasteiger partial charge in [-0.15, -0.1) is 11.3 Å². The lowest BCUT2D eigenvalue weighted by Gasteiger charge is -2.20. The molecule has 1 saturated heterocycles. The van der Waals surface area contributed by atoms with Crippen LogP contribution in [-0.4, -0.2) is 51.3 Å². The van der Waals surface area contributed by atoms with Gasteiger partial charge in [-0.1, -0.05) is 6.07 Å². The van der Waals surface area contributed by atoms with Crippen molar-refractivity contribution < 1.29 is 17.9 Å². The predicted octanol–water partition coefficient (Wildman–Crippen LogP) is 3.40. The molecule has 0 bridgehead atoms. The van der Waals surface area contributed by atoms with Crippen molar-refractivity contribution in [3.8, 4) is 5.75 Å². The minimum absolute atomic E-state index is 0.411. The third-order valence-electron chi connectivity index (χ3n) is 4.96. The first-order valence-electron chi connectivity index (χ1n) is 9.74. The van der Waals surface area contributed by atoms with Gasteiger partial charge < -0.3 is 20.3 Å². The van der Waals surface area contributed by atoms with Gasteiger partial charge in [-0.05, 0) is 24.5 Å². The number of benzene rings is 1. The molecule has 0 radical (unpaired) electrons. The first kappa shape index (κ1) is 22.2. The second kappa shape index (κ2) is 10.0. The third-order valence-corrected chi connectivity index (χ3v) is 5.87.